The smallest absolute Gasteiger partial charge is 0.153 e. The maximum absolute atomic E-state index is 9.44. The van der Waals surface area contributed by atoms with Gasteiger partial charge in [-0.15, -0.1) is 0 Å². The van der Waals surface area contributed by atoms with Gasteiger partial charge in [-0.1, -0.05) is 23.7 Å². The summed E-state index contributed by atoms with van der Waals surface area (Å²) < 4.78 is 1.71. The Morgan fingerprint density at radius 3 is 2.94 bits per heavy atom. The molecule has 1 aromatic carbocycles. The van der Waals surface area contributed by atoms with Crippen molar-refractivity contribution < 1.29 is 5.11 Å². The first-order chi connectivity index (χ1) is 8.72. The van der Waals surface area contributed by atoms with Gasteiger partial charge in [-0.3, -0.25) is 0 Å². The fraction of sp³-hybridized carbons (Fsp3) is 0.0769. The molecule has 2 aromatic heterocycles. The summed E-state index contributed by atoms with van der Waals surface area (Å²) in [6, 6.07) is 10.7. The molecule has 0 saturated heterocycles. The van der Waals surface area contributed by atoms with Gasteiger partial charge in [0.25, 0.3) is 0 Å². The molecular formula is C13H10ClN3O. The van der Waals surface area contributed by atoms with Crippen molar-refractivity contribution in [2.24, 2.45) is 0 Å². The van der Waals surface area contributed by atoms with Crippen molar-refractivity contribution in [2.75, 3.05) is 0 Å². The molecule has 5 heteroatoms. The van der Waals surface area contributed by atoms with Crippen LogP contribution in [0, 0.1) is 0 Å². The number of aromatic nitrogens is 3. The Hall–Kier alpha value is -2.07. The van der Waals surface area contributed by atoms with Gasteiger partial charge in [-0.2, -0.15) is 5.10 Å². The van der Waals surface area contributed by atoms with Gasteiger partial charge in [0.05, 0.1) is 11.9 Å². The van der Waals surface area contributed by atoms with E-state index < -0.39 is 0 Å². The highest BCUT2D eigenvalue weighted by Gasteiger charge is 2.06. The van der Waals surface area contributed by atoms with Crippen molar-refractivity contribution in [1.82, 2.24) is 14.6 Å². The van der Waals surface area contributed by atoms with Crippen LogP contribution < -0.4 is 0 Å². The summed E-state index contributed by atoms with van der Waals surface area (Å²) in [6.45, 7) is 0. The van der Waals surface area contributed by atoms with Gasteiger partial charge in [0.15, 0.2) is 5.65 Å². The third kappa shape index (κ3) is 2.02. The standard InChI is InChI=1S/C13H10ClN3O/c14-12-4-5-13-15-8-10(17(13)16-12)6-9-2-1-3-11(18)7-9/h1-5,7-8,18H,6H2. The number of aromatic hydroxyl groups is 1. The molecule has 1 N–H and O–H groups in total. The Morgan fingerprint density at radius 2 is 2.11 bits per heavy atom. The van der Waals surface area contributed by atoms with E-state index in [2.05, 4.69) is 10.1 Å². The first-order valence-corrected chi connectivity index (χ1v) is 5.87. The summed E-state index contributed by atoms with van der Waals surface area (Å²) in [5.41, 5.74) is 2.69. The van der Waals surface area contributed by atoms with Gasteiger partial charge in [-0.05, 0) is 29.8 Å². The predicted molar refractivity (Wildman–Crippen MR) is 68.9 cm³/mol. The summed E-state index contributed by atoms with van der Waals surface area (Å²) in [5.74, 6) is 0.257. The Labute approximate surface area is 108 Å². The lowest BCUT2D eigenvalue weighted by atomic mass is 10.1. The lowest BCUT2D eigenvalue weighted by Gasteiger charge is -2.02. The first kappa shape index (κ1) is 11.0. The second-order valence-corrected chi connectivity index (χ2v) is 4.41. The Kier molecular flexibility index (Phi) is 2.64. The summed E-state index contributed by atoms with van der Waals surface area (Å²) in [5, 5.41) is 14.1. The average molecular weight is 260 g/mol. The van der Waals surface area contributed by atoms with Crippen LogP contribution in [0.3, 0.4) is 0 Å². The van der Waals surface area contributed by atoms with Crippen LogP contribution in [0.2, 0.25) is 5.15 Å². The molecule has 0 aliphatic rings. The fourth-order valence-electron chi connectivity index (χ4n) is 1.89. The quantitative estimate of drug-likeness (QED) is 0.770. The monoisotopic (exact) mass is 259 g/mol. The minimum atomic E-state index is 0.257. The van der Waals surface area contributed by atoms with Gasteiger partial charge >= 0.3 is 0 Å². The van der Waals surface area contributed by atoms with Crippen LogP contribution in [-0.2, 0) is 6.42 Å². The van der Waals surface area contributed by atoms with Gasteiger partial charge in [0.2, 0.25) is 0 Å². The molecule has 0 fully saturated rings. The van der Waals surface area contributed by atoms with Crippen LogP contribution >= 0.6 is 11.6 Å². The summed E-state index contributed by atoms with van der Waals surface area (Å²) >= 11 is 5.88. The average Bonchev–Trinajstić information content (AvgIpc) is 2.72. The van der Waals surface area contributed by atoms with E-state index in [1.54, 1.807) is 28.9 Å². The highest BCUT2D eigenvalue weighted by molar-refractivity contribution is 6.29. The number of nitrogens with zero attached hydrogens (tertiary/aromatic N) is 3. The Bertz CT molecular complexity index is 708. The van der Waals surface area contributed by atoms with E-state index in [-0.39, 0.29) is 5.75 Å². The van der Waals surface area contributed by atoms with E-state index >= 15 is 0 Å². The molecule has 0 aliphatic heterocycles. The third-order valence-electron chi connectivity index (χ3n) is 2.70. The summed E-state index contributed by atoms with van der Waals surface area (Å²) in [4.78, 5) is 4.26. The van der Waals surface area contributed by atoms with Crippen molar-refractivity contribution in [1.29, 1.82) is 0 Å². The number of halogens is 1. The number of imidazole rings is 1. The third-order valence-corrected chi connectivity index (χ3v) is 2.90. The first-order valence-electron chi connectivity index (χ1n) is 5.49. The zero-order valence-electron chi connectivity index (χ0n) is 9.42. The molecule has 0 radical (unpaired) electrons. The van der Waals surface area contributed by atoms with E-state index in [9.17, 15) is 5.11 Å². The van der Waals surface area contributed by atoms with E-state index in [0.717, 1.165) is 16.9 Å². The number of hydrogen-bond donors (Lipinski definition) is 1. The van der Waals surface area contributed by atoms with Gasteiger partial charge in [0.1, 0.15) is 10.9 Å². The van der Waals surface area contributed by atoms with E-state index in [1.807, 2.05) is 18.2 Å². The van der Waals surface area contributed by atoms with Crippen LogP contribution in [0.15, 0.2) is 42.6 Å². The summed E-state index contributed by atoms with van der Waals surface area (Å²) in [7, 11) is 0. The topological polar surface area (TPSA) is 50.4 Å². The normalized spacial score (nSPS) is 10.9. The van der Waals surface area contributed by atoms with Crippen molar-refractivity contribution >= 4 is 17.2 Å². The molecule has 0 aliphatic carbocycles. The highest BCUT2D eigenvalue weighted by Crippen LogP contribution is 2.16. The maximum atomic E-state index is 9.44. The molecule has 3 rings (SSSR count). The molecule has 0 amide bonds. The minimum Gasteiger partial charge on any atom is -0.508 e. The molecule has 0 atom stereocenters. The zero-order valence-corrected chi connectivity index (χ0v) is 10.2. The van der Waals surface area contributed by atoms with Crippen molar-refractivity contribution in [2.45, 2.75) is 6.42 Å². The number of hydrogen-bond acceptors (Lipinski definition) is 3. The molecule has 0 unspecified atom stereocenters. The van der Waals surface area contributed by atoms with E-state index in [1.165, 1.54) is 0 Å². The second kappa shape index (κ2) is 4.31. The number of phenolic OH excluding ortho intramolecular Hbond substituents is 1. The Morgan fingerprint density at radius 1 is 1.22 bits per heavy atom. The molecule has 2 heterocycles. The van der Waals surface area contributed by atoms with Crippen molar-refractivity contribution in [3.8, 4) is 5.75 Å². The van der Waals surface area contributed by atoms with Crippen LogP contribution in [0.4, 0.5) is 0 Å². The lowest BCUT2D eigenvalue weighted by molar-refractivity contribution is 0.474. The molecule has 3 aromatic rings. The van der Waals surface area contributed by atoms with Crippen LogP contribution in [0.5, 0.6) is 5.75 Å². The number of rotatable bonds is 2. The molecule has 0 saturated carbocycles. The maximum Gasteiger partial charge on any atom is 0.153 e. The molecule has 0 spiro atoms. The van der Waals surface area contributed by atoms with Crippen LogP contribution in [0.1, 0.15) is 11.3 Å². The van der Waals surface area contributed by atoms with Gasteiger partial charge in [0, 0.05) is 6.42 Å². The highest BCUT2D eigenvalue weighted by atomic mass is 35.5. The van der Waals surface area contributed by atoms with E-state index in [4.69, 9.17) is 11.6 Å². The summed E-state index contributed by atoms with van der Waals surface area (Å²) in [6.07, 6.45) is 2.41. The largest absolute Gasteiger partial charge is 0.508 e. The number of phenols is 1. The van der Waals surface area contributed by atoms with Crippen LogP contribution in [-0.4, -0.2) is 19.7 Å². The minimum absolute atomic E-state index is 0.257. The van der Waals surface area contributed by atoms with Crippen molar-refractivity contribution in [3.05, 3.63) is 59.0 Å². The van der Waals surface area contributed by atoms with Crippen molar-refractivity contribution in [3.63, 3.8) is 0 Å². The number of benzene rings is 1. The van der Waals surface area contributed by atoms with Crippen LogP contribution in [0.25, 0.3) is 5.65 Å². The molecular weight excluding hydrogens is 250 g/mol. The number of fused-ring (bicyclic) bond motifs is 1. The van der Waals surface area contributed by atoms with Gasteiger partial charge < -0.3 is 5.11 Å². The predicted octanol–water partition coefficient (Wildman–Crippen LogP) is 2.68. The SMILES string of the molecule is Oc1cccc(Cc2cnc3ccc(Cl)nn23)c1. The second-order valence-electron chi connectivity index (χ2n) is 4.02. The lowest BCUT2D eigenvalue weighted by Crippen LogP contribution is -1.98. The zero-order chi connectivity index (χ0) is 12.5. The molecule has 0 bridgehead atoms. The fourth-order valence-corrected chi connectivity index (χ4v) is 2.03. The van der Waals surface area contributed by atoms with Gasteiger partial charge in [-0.25, -0.2) is 9.50 Å². The Balaban J connectivity index is 2.02. The molecule has 4 nitrogen and oxygen atoms in total. The molecule has 18 heavy (non-hydrogen) atoms. The molecule has 90 valence electrons. The van der Waals surface area contributed by atoms with E-state index in [0.29, 0.717) is 11.6 Å².